The normalized spacial score (nSPS) is 27.6. The Kier molecular flexibility index (Phi) is 3.66. The summed E-state index contributed by atoms with van der Waals surface area (Å²) in [6.07, 6.45) is 4.89. The lowest BCUT2D eigenvalue weighted by Crippen LogP contribution is -2.61. The molecule has 2 N–H and O–H groups in total. The van der Waals surface area contributed by atoms with Crippen LogP contribution in [0, 0.1) is 6.92 Å². The maximum atomic E-state index is 3.97. The van der Waals surface area contributed by atoms with Crippen LogP contribution in [0.4, 0.5) is 0 Å². The number of benzene rings is 1. The molecule has 0 spiro atoms. The number of hydrogen-bond donors (Lipinski definition) is 2. The molecule has 0 radical (unpaired) electrons. The fourth-order valence-electron chi connectivity index (χ4n) is 4.62. The summed E-state index contributed by atoms with van der Waals surface area (Å²) >= 11 is 0. The van der Waals surface area contributed by atoms with E-state index in [4.69, 9.17) is 0 Å². The van der Waals surface area contributed by atoms with Crippen molar-refractivity contribution in [1.82, 2.24) is 10.6 Å². The average molecular weight is 286 g/mol. The first-order chi connectivity index (χ1) is 9.74. The summed E-state index contributed by atoms with van der Waals surface area (Å²) in [6.45, 7) is 11.5. The van der Waals surface area contributed by atoms with Crippen LogP contribution in [-0.4, -0.2) is 17.1 Å². The summed E-state index contributed by atoms with van der Waals surface area (Å²) in [4.78, 5) is 0. The van der Waals surface area contributed by atoms with Crippen LogP contribution in [0.2, 0.25) is 0 Å². The van der Waals surface area contributed by atoms with Crippen LogP contribution in [0.1, 0.15) is 69.7 Å². The van der Waals surface area contributed by atoms with E-state index >= 15 is 0 Å². The third-order valence-electron chi connectivity index (χ3n) is 5.01. The van der Waals surface area contributed by atoms with Gasteiger partial charge in [-0.1, -0.05) is 23.8 Å². The second kappa shape index (κ2) is 5.10. The van der Waals surface area contributed by atoms with Gasteiger partial charge in [0.2, 0.25) is 0 Å². The molecule has 21 heavy (non-hydrogen) atoms. The van der Waals surface area contributed by atoms with Crippen molar-refractivity contribution in [3.8, 4) is 0 Å². The zero-order valence-electron chi connectivity index (χ0n) is 14.2. The molecule has 1 unspecified atom stereocenters. The Morgan fingerprint density at radius 1 is 1.10 bits per heavy atom. The molecule has 1 aromatic rings. The van der Waals surface area contributed by atoms with Gasteiger partial charge >= 0.3 is 0 Å². The van der Waals surface area contributed by atoms with Crippen molar-refractivity contribution in [2.24, 2.45) is 0 Å². The molecule has 1 saturated heterocycles. The molecule has 1 aromatic carbocycles. The second-order valence-electron chi connectivity index (χ2n) is 8.46. The zero-order chi connectivity index (χ0) is 15.3. The fraction of sp³-hybridized carbons (Fsp3) is 0.684. The van der Waals surface area contributed by atoms with E-state index in [1.54, 1.807) is 11.1 Å². The lowest BCUT2D eigenvalue weighted by Gasteiger charge is -2.47. The maximum absolute atomic E-state index is 3.97. The van der Waals surface area contributed by atoms with E-state index in [1.165, 1.54) is 31.2 Å². The average Bonchev–Trinajstić information content (AvgIpc) is 2.67. The van der Waals surface area contributed by atoms with Crippen LogP contribution in [0.5, 0.6) is 0 Å². The van der Waals surface area contributed by atoms with Gasteiger partial charge in [-0.3, -0.25) is 0 Å². The molecule has 1 fully saturated rings. The lowest BCUT2D eigenvalue weighted by atomic mass is 9.79. The van der Waals surface area contributed by atoms with Crippen LogP contribution in [0.3, 0.4) is 0 Å². The molecule has 2 heteroatoms. The van der Waals surface area contributed by atoms with Gasteiger partial charge in [0.25, 0.3) is 0 Å². The quantitative estimate of drug-likeness (QED) is 0.862. The van der Waals surface area contributed by atoms with E-state index in [2.05, 4.69) is 63.5 Å². The standard InChI is InChI=1S/C19H30N2/c1-13-6-7-14-8-9-17(16(14)10-13)20-15-11-18(2,3)21-19(4,5)12-15/h6-7,10,15,17,20-21H,8-9,11-12H2,1-5H3. The van der Waals surface area contributed by atoms with Gasteiger partial charge in [0.1, 0.15) is 0 Å². The van der Waals surface area contributed by atoms with E-state index in [0.717, 1.165) is 0 Å². The molecule has 0 saturated carbocycles. The molecule has 116 valence electrons. The summed E-state index contributed by atoms with van der Waals surface area (Å²) in [6, 6.07) is 8.11. The summed E-state index contributed by atoms with van der Waals surface area (Å²) < 4.78 is 0. The fourth-order valence-corrected chi connectivity index (χ4v) is 4.62. The Morgan fingerprint density at radius 2 is 1.76 bits per heavy atom. The first-order valence-electron chi connectivity index (χ1n) is 8.39. The van der Waals surface area contributed by atoms with Gasteiger partial charge < -0.3 is 10.6 Å². The summed E-state index contributed by atoms with van der Waals surface area (Å²) in [5.74, 6) is 0. The SMILES string of the molecule is Cc1ccc2c(c1)C(NC1CC(C)(C)NC(C)(C)C1)CC2. The van der Waals surface area contributed by atoms with Crippen LogP contribution in [0.15, 0.2) is 18.2 Å². The number of nitrogens with one attached hydrogen (secondary N) is 2. The van der Waals surface area contributed by atoms with Gasteiger partial charge in [0, 0.05) is 23.2 Å². The highest BCUT2D eigenvalue weighted by molar-refractivity contribution is 5.37. The lowest BCUT2D eigenvalue weighted by molar-refractivity contribution is 0.139. The van der Waals surface area contributed by atoms with Crippen LogP contribution < -0.4 is 10.6 Å². The predicted molar refractivity (Wildman–Crippen MR) is 89.7 cm³/mol. The van der Waals surface area contributed by atoms with Gasteiger partial charge in [-0.15, -0.1) is 0 Å². The van der Waals surface area contributed by atoms with Gasteiger partial charge in [-0.05, 0) is 71.4 Å². The highest BCUT2D eigenvalue weighted by Crippen LogP contribution is 2.35. The van der Waals surface area contributed by atoms with Gasteiger partial charge in [0.05, 0.1) is 0 Å². The first-order valence-corrected chi connectivity index (χ1v) is 8.39. The number of hydrogen-bond acceptors (Lipinski definition) is 2. The maximum Gasteiger partial charge on any atom is 0.0328 e. The van der Waals surface area contributed by atoms with Crippen molar-refractivity contribution < 1.29 is 0 Å². The molecule has 1 aliphatic carbocycles. The molecule has 1 aliphatic heterocycles. The van der Waals surface area contributed by atoms with Crippen molar-refractivity contribution >= 4 is 0 Å². The molecule has 2 nitrogen and oxygen atoms in total. The van der Waals surface area contributed by atoms with Crippen LogP contribution in [0.25, 0.3) is 0 Å². The van der Waals surface area contributed by atoms with Crippen molar-refractivity contribution in [2.45, 2.75) is 83.5 Å². The van der Waals surface area contributed by atoms with E-state index in [9.17, 15) is 0 Å². The van der Waals surface area contributed by atoms with Crippen molar-refractivity contribution in [3.63, 3.8) is 0 Å². The monoisotopic (exact) mass is 286 g/mol. The molecule has 2 aliphatic rings. The highest BCUT2D eigenvalue weighted by Gasteiger charge is 2.38. The van der Waals surface area contributed by atoms with Crippen molar-refractivity contribution in [3.05, 3.63) is 34.9 Å². The predicted octanol–water partition coefficient (Wildman–Crippen LogP) is 3.88. The molecule has 1 atom stereocenters. The minimum Gasteiger partial charge on any atom is -0.307 e. The van der Waals surface area contributed by atoms with E-state index < -0.39 is 0 Å². The van der Waals surface area contributed by atoms with Crippen molar-refractivity contribution in [1.29, 1.82) is 0 Å². The molecule has 0 bridgehead atoms. The molecular weight excluding hydrogens is 256 g/mol. The third kappa shape index (κ3) is 3.32. The molecule has 0 amide bonds. The molecule has 1 heterocycles. The second-order valence-corrected chi connectivity index (χ2v) is 8.46. The highest BCUT2D eigenvalue weighted by atomic mass is 15.1. The number of rotatable bonds is 2. The number of piperidine rings is 1. The Labute approximate surface area is 129 Å². The van der Waals surface area contributed by atoms with E-state index in [-0.39, 0.29) is 11.1 Å². The Bertz CT molecular complexity index is 514. The van der Waals surface area contributed by atoms with Gasteiger partial charge in [0.15, 0.2) is 0 Å². The largest absolute Gasteiger partial charge is 0.307 e. The Morgan fingerprint density at radius 3 is 2.43 bits per heavy atom. The Hall–Kier alpha value is -0.860. The summed E-state index contributed by atoms with van der Waals surface area (Å²) in [7, 11) is 0. The van der Waals surface area contributed by atoms with Crippen LogP contribution >= 0.6 is 0 Å². The third-order valence-corrected chi connectivity index (χ3v) is 5.01. The summed E-state index contributed by atoms with van der Waals surface area (Å²) in [5.41, 5.74) is 4.91. The smallest absolute Gasteiger partial charge is 0.0328 e. The van der Waals surface area contributed by atoms with Gasteiger partial charge in [-0.2, -0.15) is 0 Å². The molecule has 0 aromatic heterocycles. The molecule has 3 rings (SSSR count). The topological polar surface area (TPSA) is 24.1 Å². The zero-order valence-corrected chi connectivity index (χ0v) is 14.2. The first kappa shape index (κ1) is 15.1. The number of fused-ring (bicyclic) bond motifs is 1. The minimum atomic E-state index is 0.216. The van der Waals surface area contributed by atoms with Crippen molar-refractivity contribution in [2.75, 3.05) is 0 Å². The van der Waals surface area contributed by atoms with E-state index in [0.29, 0.717) is 12.1 Å². The molecular formula is C19H30N2. The minimum absolute atomic E-state index is 0.216. The van der Waals surface area contributed by atoms with Crippen LogP contribution in [-0.2, 0) is 6.42 Å². The number of aryl methyl sites for hydroxylation is 2. The van der Waals surface area contributed by atoms with Gasteiger partial charge in [-0.25, -0.2) is 0 Å². The Balaban J connectivity index is 1.75. The summed E-state index contributed by atoms with van der Waals surface area (Å²) in [5, 5.41) is 7.75. The van der Waals surface area contributed by atoms with E-state index in [1.807, 2.05) is 0 Å².